The Bertz CT molecular complexity index is 193. The third-order valence-electron chi connectivity index (χ3n) is 1.11. The molecule has 5 nitrogen and oxygen atoms in total. The SMILES string of the molecule is CN1C(=O)C(O)=CNN1S. The smallest absolute Gasteiger partial charge is 0.306 e. The summed E-state index contributed by atoms with van der Waals surface area (Å²) in [5.74, 6) is -0.818. The summed E-state index contributed by atoms with van der Waals surface area (Å²) in [5, 5.41) is 9.94. The topological polar surface area (TPSA) is 55.8 Å². The average molecular weight is 161 g/mol. The van der Waals surface area contributed by atoms with Crippen LogP contribution >= 0.6 is 12.8 Å². The highest BCUT2D eigenvalue weighted by Gasteiger charge is 2.22. The van der Waals surface area contributed by atoms with E-state index in [9.17, 15) is 4.79 Å². The first-order chi connectivity index (χ1) is 4.63. The van der Waals surface area contributed by atoms with Crippen molar-refractivity contribution in [3.63, 3.8) is 0 Å². The Morgan fingerprint density at radius 1 is 1.80 bits per heavy atom. The van der Waals surface area contributed by atoms with Gasteiger partial charge in [0.25, 0.3) is 0 Å². The minimum atomic E-state index is -0.492. The highest BCUT2D eigenvalue weighted by molar-refractivity contribution is 7.77. The molecule has 0 aromatic heterocycles. The molecule has 0 spiro atoms. The number of hydrogen-bond acceptors (Lipinski definition) is 5. The van der Waals surface area contributed by atoms with Crippen LogP contribution in [0.25, 0.3) is 0 Å². The monoisotopic (exact) mass is 161 g/mol. The fourth-order valence-corrected chi connectivity index (χ4v) is 0.658. The maximum absolute atomic E-state index is 10.8. The van der Waals surface area contributed by atoms with Crippen LogP contribution in [0, 0.1) is 0 Å². The number of hydrazine groups is 2. The molecule has 0 unspecified atom stereocenters. The molecule has 1 aliphatic rings. The number of thiol groups is 1. The minimum absolute atomic E-state index is 0.326. The molecule has 0 aromatic carbocycles. The second-order valence-electron chi connectivity index (χ2n) is 1.78. The van der Waals surface area contributed by atoms with Crippen molar-refractivity contribution < 1.29 is 9.90 Å². The molecule has 0 saturated carbocycles. The van der Waals surface area contributed by atoms with Gasteiger partial charge in [0.1, 0.15) is 0 Å². The average Bonchev–Trinajstić information content (AvgIpc) is 1.93. The van der Waals surface area contributed by atoms with Gasteiger partial charge in [-0.05, 0) is 0 Å². The van der Waals surface area contributed by atoms with E-state index in [-0.39, 0.29) is 5.76 Å². The molecule has 1 amide bonds. The number of hydrogen-bond donors (Lipinski definition) is 3. The molecule has 0 aliphatic carbocycles. The van der Waals surface area contributed by atoms with Crippen LogP contribution in [0.5, 0.6) is 0 Å². The Kier molecular flexibility index (Phi) is 1.73. The Morgan fingerprint density at radius 2 is 2.40 bits per heavy atom. The highest BCUT2D eigenvalue weighted by Crippen LogP contribution is 2.05. The van der Waals surface area contributed by atoms with Crippen LogP contribution in [0.3, 0.4) is 0 Å². The predicted octanol–water partition coefficient (Wildman–Crippen LogP) is -0.576. The summed E-state index contributed by atoms with van der Waals surface area (Å²) in [6, 6.07) is 0. The third-order valence-corrected chi connectivity index (χ3v) is 1.50. The molecular formula is C4H7N3O2S. The molecule has 10 heavy (non-hydrogen) atoms. The number of amides is 1. The Balaban J connectivity index is 2.81. The van der Waals surface area contributed by atoms with Gasteiger partial charge in [-0.15, -0.1) is 0 Å². The van der Waals surface area contributed by atoms with E-state index in [2.05, 4.69) is 18.2 Å². The van der Waals surface area contributed by atoms with Crippen molar-refractivity contribution in [1.29, 1.82) is 0 Å². The van der Waals surface area contributed by atoms with Crippen LogP contribution in [0.1, 0.15) is 0 Å². The maximum Gasteiger partial charge on any atom is 0.306 e. The van der Waals surface area contributed by atoms with Gasteiger partial charge in [0, 0.05) is 7.05 Å². The lowest BCUT2D eigenvalue weighted by atomic mass is 10.5. The van der Waals surface area contributed by atoms with Crippen LogP contribution in [-0.4, -0.2) is 27.6 Å². The summed E-state index contributed by atoms with van der Waals surface area (Å²) in [6.45, 7) is 0. The molecule has 0 radical (unpaired) electrons. The first-order valence-electron chi connectivity index (χ1n) is 2.55. The number of aliphatic hydroxyl groups excluding tert-OH is 1. The van der Waals surface area contributed by atoms with E-state index in [4.69, 9.17) is 5.11 Å². The Morgan fingerprint density at radius 3 is 2.90 bits per heavy atom. The summed E-state index contributed by atoms with van der Waals surface area (Å²) < 4.78 is 1.15. The molecule has 1 rings (SSSR count). The number of nitrogens with zero attached hydrogens (tertiary/aromatic N) is 2. The number of carbonyl (C=O) groups is 1. The Hall–Kier alpha value is -0.880. The molecular weight excluding hydrogens is 154 g/mol. The van der Waals surface area contributed by atoms with Gasteiger partial charge in [-0.2, -0.15) is 0 Å². The summed E-state index contributed by atoms with van der Waals surface area (Å²) in [7, 11) is 1.48. The zero-order valence-electron chi connectivity index (χ0n) is 5.27. The van der Waals surface area contributed by atoms with Crippen molar-refractivity contribution in [2.75, 3.05) is 7.05 Å². The van der Waals surface area contributed by atoms with Gasteiger partial charge in [0.15, 0.2) is 5.76 Å². The molecule has 0 atom stereocenters. The zero-order valence-corrected chi connectivity index (χ0v) is 6.17. The van der Waals surface area contributed by atoms with E-state index in [0.29, 0.717) is 0 Å². The third kappa shape index (κ3) is 1.03. The highest BCUT2D eigenvalue weighted by atomic mass is 32.1. The van der Waals surface area contributed by atoms with Crippen molar-refractivity contribution in [3.05, 3.63) is 12.0 Å². The maximum atomic E-state index is 10.8. The van der Waals surface area contributed by atoms with E-state index in [0.717, 1.165) is 15.7 Å². The van der Waals surface area contributed by atoms with Gasteiger partial charge in [-0.1, -0.05) is 17.3 Å². The summed E-state index contributed by atoms with van der Waals surface area (Å²) in [6.07, 6.45) is 1.16. The molecule has 1 aliphatic heterocycles. The van der Waals surface area contributed by atoms with Crippen molar-refractivity contribution in [2.45, 2.75) is 0 Å². The Labute approximate surface area is 63.4 Å². The van der Waals surface area contributed by atoms with Gasteiger partial charge in [0.2, 0.25) is 0 Å². The lowest BCUT2D eigenvalue weighted by molar-refractivity contribution is -0.140. The van der Waals surface area contributed by atoms with Crippen LogP contribution in [0.15, 0.2) is 12.0 Å². The van der Waals surface area contributed by atoms with Gasteiger partial charge in [0.05, 0.1) is 6.20 Å². The van der Waals surface area contributed by atoms with Crippen LogP contribution in [0.2, 0.25) is 0 Å². The van der Waals surface area contributed by atoms with Crippen molar-refractivity contribution in [3.8, 4) is 0 Å². The molecule has 0 aromatic rings. The molecule has 2 N–H and O–H groups in total. The van der Waals surface area contributed by atoms with Crippen molar-refractivity contribution >= 4 is 18.7 Å². The molecule has 0 fully saturated rings. The number of carbonyl (C=O) groups excluding carboxylic acids is 1. The quantitative estimate of drug-likeness (QED) is 0.416. The molecule has 0 saturated heterocycles. The summed E-state index contributed by atoms with van der Waals surface area (Å²) >= 11 is 3.83. The fraction of sp³-hybridized carbons (Fsp3) is 0.250. The first kappa shape index (κ1) is 7.23. The summed E-state index contributed by atoms with van der Waals surface area (Å²) in [4.78, 5) is 10.8. The van der Waals surface area contributed by atoms with E-state index in [1.807, 2.05) is 0 Å². The van der Waals surface area contributed by atoms with Crippen LogP contribution < -0.4 is 5.43 Å². The molecule has 1 heterocycles. The normalized spacial score (nSPS) is 20.4. The number of nitrogens with one attached hydrogen (secondary N) is 1. The van der Waals surface area contributed by atoms with Gasteiger partial charge >= 0.3 is 5.91 Å². The number of aliphatic hydroxyl groups is 1. The van der Waals surface area contributed by atoms with E-state index < -0.39 is 5.91 Å². The van der Waals surface area contributed by atoms with Gasteiger partial charge in [-0.25, -0.2) is 5.01 Å². The van der Waals surface area contributed by atoms with E-state index in [1.165, 1.54) is 7.05 Å². The van der Waals surface area contributed by atoms with Crippen molar-refractivity contribution in [1.82, 2.24) is 15.0 Å². The molecule has 0 bridgehead atoms. The van der Waals surface area contributed by atoms with E-state index >= 15 is 0 Å². The zero-order chi connectivity index (χ0) is 7.72. The minimum Gasteiger partial charge on any atom is -0.502 e. The lowest BCUT2D eigenvalue weighted by Crippen LogP contribution is -2.48. The second kappa shape index (κ2) is 2.39. The number of likely N-dealkylation sites (N-methyl/N-ethyl adjacent to an activating group) is 1. The van der Waals surface area contributed by atoms with Crippen molar-refractivity contribution in [2.24, 2.45) is 0 Å². The largest absolute Gasteiger partial charge is 0.502 e. The number of rotatable bonds is 0. The fourth-order valence-electron chi connectivity index (χ4n) is 0.519. The predicted molar refractivity (Wildman–Crippen MR) is 37.4 cm³/mol. The second-order valence-corrected chi connectivity index (χ2v) is 2.16. The summed E-state index contributed by atoms with van der Waals surface area (Å²) in [5.41, 5.74) is 2.50. The lowest BCUT2D eigenvalue weighted by Gasteiger charge is -2.29. The first-order valence-corrected chi connectivity index (χ1v) is 2.95. The van der Waals surface area contributed by atoms with Crippen LogP contribution in [0.4, 0.5) is 0 Å². The molecule has 6 heteroatoms. The van der Waals surface area contributed by atoms with E-state index in [1.54, 1.807) is 0 Å². The van der Waals surface area contributed by atoms with Gasteiger partial charge in [-0.3, -0.25) is 10.2 Å². The van der Waals surface area contributed by atoms with Gasteiger partial charge < -0.3 is 5.11 Å². The van der Waals surface area contributed by atoms with Crippen LogP contribution in [-0.2, 0) is 4.79 Å². The molecule has 56 valence electrons. The standard InChI is InChI=1S/C4H7N3O2S/c1-6-4(9)3(8)2-5-7(6)10/h2,5,8,10H,1H3.